The lowest BCUT2D eigenvalue weighted by atomic mass is 9.70. The Kier molecular flexibility index (Phi) is 9.85. The monoisotopic (exact) mass is 567 g/mol. The van der Waals surface area contributed by atoms with Gasteiger partial charge in [0.1, 0.15) is 0 Å². The Bertz CT molecular complexity index is 1330. The van der Waals surface area contributed by atoms with E-state index in [1.54, 1.807) is 18.2 Å². The van der Waals surface area contributed by atoms with Crippen molar-refractivity contribution in [3.63, 3.8) is 0 Å². The minimum absolute atomic E-state index is 0.00330. The fraction of sp³-hybridized carbons (Fsp3) is 0.333. The van der Waals surface area contributed by atoms with Crippen LogP contribution >= 0.6 is 11.6 Å². The molecular weight excluding hydrogens is 535 g/mol. The molecule has 210 valence electrons. The van der Waals surface area contributed by atoms with Crippen LogP contribution in [0.3, 0.4) is 0 Å². The molecule has 4 rings (SSSR count). The molecular formula is C33H33ClF3NO2. The number of benzene rings is 3. The van der Waals surface area contributed by atoms with Gasteiger partial charge in [-0.2, -0.15) is 13.2 Å². The van der Waals surface area contributed by atoms with E-state index in [1.807, 2.05) is 59.5 Å². The van der Waals surface area contributed by atoms with Crippen molar-refractivity contribution in [1.82, 2.24) is 4.90 Å². The van der Waals surface area contributed by atoms with E-state index in [1.165, 1.54) is 6.07 Å². The summed E-state index contributed by atoms with van der Waals surface area (Å²) in [6.07, 6.45) is 2.45. The average Bonchev–Trinajstić information content (AvgIpc) is 2.95. The minimum Gasteiger partial charge on any atom is -0.343 e. The highest BCUT2D eigenvalue weighted by Crippen LogP contribution is 2.37. The summed E-state index contributed by atoms with van der Waals surface area (Å²) < 4.78 is 39.0. The van der Waals surface area contributed by atoms with E-state index in [-0.39, 0.29) is 11.7 Å². The Labute approximate surface area is 238 Å². The van der Waals surface area contributed by atoms with Crippen molar-refractivity contribution < 1.29 is 22.8 Å². The molecule has 0 saturated carbocycles. The van der Waals surface area contributed by atoms with Gasteiger partial charge in [0.25, 0.3) is 0 Å². The summed E-state index contributed by atoms with van der Waals surface area (Å²) >= 11 is 6.24. The fourth-order valence-electron chi connectivity index (χ4n) is 5.30. The highest BCUT2D eigenvalue weighted by atomic mass is 35.5. The molecule has 1 aliphatic heterocycles. The van der Waals surface area contributed by atoms with Crippen molar-refractivity contribution in [3.05, 3.63) is 118 Å². The lowest BCUT2D eigenvalue weighted by Gasteiger charge is -2.40. The van der Waals surface area contributed by atoms with Gasteiger partial charge in [-0.15, -0.1) is 0 Å². The molecule has 0 N–H and O–H groups in total. The summed E-state index contributed by atoms with van der Waals surface area (Å²) in [5.41, 5.74) is 1.28. The van der Waals surface area contributed by atoms with Crippen molar-refractivity contribution in [2.24, 2.45) is 5.41 Å². The number of piperidine rings is 1. The predicted octanol–water partition coefficient (Wildman–Crippen LogP) is 7.90. The van der Waals surface area contributed by atoms with Gasteiger partial charge in [-0.1, -0.05) is 84.4 Å². The number of aryl methyl sites for hydroxylation is 2. The number of ketones is 1. The lowest BCUT2D eigenvalue weighted by molar-refractivity contribution is -0.137. The first-order valence-corrected chi connectivity index (χ1v) is 14.0. The lowest BCUT2D eigenvalue weighted by Crippen LogP contribution is -2.47. The highest BCUT2D eigenvalue weighted by molar-refractivity contribution is 6.31. The molecule has 3 aromatic carbocycles. The summed E-state index contributed by atoms with van der Waals surface area (Å²) in [6, 6.07) is 22.7. The topological polar surface area (TPSA) is 37.4 Å². The second kappa shape index (κ2) is 13.3. The molecule has 7 heteroatoms. The van der Waals surface area contributed by atoms with Gasteiger partial charge in [-0.25, -0.2) is 0 Å². The maximum absolute atomic E-state index is 13.6. The van der Waals surface area contributed by atoms with Gasteiger partial charge in [0.2, 0.25) is 5.91 Å². The zero-order chi connectivity index (χ0) is 28.6. The molecule has 0 bridgehead atoms. The third kappa shape index (κ3) is 7.85. The van der Waals surface area contributed by atoms with Crippen molar-refractivity contribution in [2.45, 2.75) is 51.1 Å². The molecule has 0 aromatic heterocycles. The zero-order valence-electron chi connectivity index (χ0n) is 22.3. The SMILES string of the molecule is O=C(CCc1ccccc1Cl)N1CCC(Cc2ccccc2)(C(=O)/C=C/CCc2cccc(C(F)(F)F)c2)CC1. The molecule has 0 atom stereocenters. The number of likely N-dealkylation sites (tertiary alicyclic amines) is 1. The maximum Gasteiger partial charge on any atom is 0.416 e. The van der Waals surface area contributed by atoms with Gasteiger partial charge >= 0.3 is 6.18 Å². The largest absolute Gasteiger partial charge is 0.416 e. The molecule has 0 spiro atoms. The molecule has 3 aromatic rings. The molecule has 1 heterocycles. The van der Waals surface area contributed by atoms with Gasteiger partial charge in [-0.05, 0) is 73.4 Å². The molecule has 3 nitrogen and oxygen atoms in total. The van der Waals surface area contributed by atoms with Crippen molar-refractivity contribution in [1.29, 1.82) is 0 Å². The first-order chi connectivity index (χ1) is 19.2. The quantitative estimate of drug-likeness (QED) is 0.234. The third-order valence-electron chi connectivity index (χ3n) is 7.67. The Hall–Kier alpha value is -3.38. The molecule has 1 saturated heterocycles. The summed E-state index contributed by atoms with van der Waals surface area (Å²) in [7, 11) is 0. The average molecular weight is 568 g/mol. The number of hydrogen-bond acceptors (Lipinski definition) is 2. The van der Waals surface area contributed by atoms with Crippen LogP contribution in [0.2, 0.25) is 5.02 Å². The second-order valence-corrected chi connectivity index (χ2v) is 10.8. The minimum atomic E-state index is -4.38. The third-order valence-corrected chi connectivity index (χ3v) is 8.04. The van der Waals surface area contributed by atoms with Gasteiger partial charge in [0.05, 0.1) is 5.56 Å². The van der Waals surface area contributed by atoms with E-state index in [2.05, 4.69) is 0 Å². The predicted molar refractivity (Wildman–Crippen MR) is 152 cm³/mol. The summed E-state index contributed by atoms with van der Waals surface area (Å²) in [5.74, 6) is 0.0564. The van der Waals surface area contributed by atoms with Gasteiger partial charge in [0.15, 0.2) is 5.78 Å². The Balaban J connectivity index is 1.38. The molecule has 1 aliphatic rings. The molecule has 0 radical (unpaired) electrons. The first-order valence-electron chi connectivity index (χ1n) is 13.6. The number of halogens is 4. The Morgan fingerprint density at radius 2 is 1.55 bits per heavy atom. The van der Waals surface area contributed by atoms with Crippen LogP contribution in [0, 0.1) is 5.41 Å². The van der Waals surface area contributed by atoms with E-state index in [4.69, 9.17) is 11.6 Å². The van der Waals surface area contributed by atoms with Gasteiger partial charge < -0.3 is 4.90 Å². The number of nitrogens with zero attached hydrogens (tertiary/aromatic N) is 1. The molecule has 1 amide bonds. The smallest absolute Gasteiger partial charge is 0.343 e. The van der Waals surface area contributed by atoms with Gasteiger partial charge in [0, 0.05) is 29.9 Å². The molecule has 40 heavy (non-hydrogen) atoms. The number of carbonyl (C=O) groups is 2. The van der Waals surface area contributed by atoms with E-state index >= 15 is 0 Å². The van der Waals surface area contributed by atoms with Crippen molar-refractivity contribution in [2.75, 3.05) is 13.1 Å². The van der Waals surface area contributed by atoms with E-state index < -0.39 is 17.2 Å². The van der Waals surface area contributed by atoms with E-state index in [9.17, 15) is 22.8 Å². The highest BCUT2D eigenvalue weighted by Gasteiger charge is 2.40. The van der Waals surface area contributed by atoms with Crippen molar-refractivity contribution in [3.8, 4) is 0 Å². The zero-order valence-corrected chi connectivity index (χ0v) is 23.1. The summed E-state index contributed by atoms with van der Waals surface area (Å²) in [6.45, 7) is 0.996. The maximum atomic E-state index is 13.6. The number of hydrogen-bond donors (Lipinski definition) is 0. The van der Waals surface area contributed by atoms with E-state index in [0.717, 1.165) is 23.3 Å². The van der Waals surface area contributed by atoms with Crippen LogP contribution in [0.1, 0.15) is 47.9 Å². The second-order valence-electron chi connectivity index (χ2n) is 10.4. The van der Waals surface area contributed by atoms with Crippen LogP contribution in [0.4, 0.5) is 13.2 Å². The van der Waals surface area contributed by atoms with E-state index in [0.29, 0.717) is 68.6 Å². The number of carbonyl (C=O) groups excluding carboxylic acids is 2. The summed E-state index contributed by atoms with van der Waals surface area (Å²) in [5, 5.41) is 0.654. The van der Waals surface area contributed by atoms with Crippen LogP contribution in [0.25, 0.3) is 0 Å². The Morgan fingerprint density at radius 3 is 2.25 bits per heavy atom. The molecule has 0 aliphatic carbocycles. The Morgan fingerprint density at radius 1 is 0.875 bits per heavy atom. The van der Waals surface area contributed by atoms with Crippen LogP contribution < -0.4 is 0 Å². The normalized spacial score (nSPS) is 15.3. The van der Waals surface area contributed by atoms with Crippen LogP contribution in [-0.2, 0) is 35.0 Å². The molecule has 1 fully saturated rings. The molecule has 0 unspecified atom stereocenters. The first kappa shape index (κ1) is 29.6. The standard InChI is InChI=1S/C33H33ClF3NO2/c34-29-15-6-5-13-27(29)17-18-31(40)38-21-19-32(20-22-38,24-26-10-2-1-3-11-26)30(39)16-7-4-9-25-12-8-14-28(23-25)33(35,36)37/h1-3,5-8,10-16,23H,4,9,17-22,24H2/b16-7+. The van der Waals surface area contributed by atoms with Gasteiger partial charge in [-0.3, -0.25) is 9.59 Å². The number of amides is 1. The van der Waals surface area contributed by atoms with Crippen molar-refractivity contribution >= 4 is 23.3 Å². The van der Waals surface area contributed by atoms with Crippen LogP contribution in [0.15, 0.2) is 91.0 Å². The summed E-state index contributed by atoms with van der Waals surface area (Å²) in [4.78, 5) is 28.4. The van der Waals surface area contributed by atoms with Crippen LogP contribution in [0.5, 0.6) is 0 Å². The van der Waals surface area contributed by atoms with Crippen LogP contribution in [-0.4, -0.2) is 29.7 Å². The fourth-order valence-corrected chi connectivity index (χ4v) is 5.53. The number of rotatable bonds is 10. The number of alkyl halides is 3. The number of allylic oxidation sites excluding steroid dienone is 2.